The molecule has 1 aromatic heterocycles. The highest BCUT2D eigenvalue weighted by Gasteiger charge is 2.17. The van der Waals surface area contributed by atoms with Crippen molar-refractivity contribution in [2.24, 2.45) is 0 Å². The molecular formula is C16H18N4S. The molecule has 4 nitrogen and oxygen atoms in total. The van der Waals surface area contributed by atoms with E-state index in [2.05, 4.69) is 26.6 Å². The minimum absolute atomic E-state index is 0.763. The third-order valence-corrected chi connectivity index (χ3v) is 4.32. The van der Waals surface area contributed by atoms with Crippen LogP contribution < -0.4 is 10.6 Å². The number of hydrogen-bond acceptors (Lipinski definition) is 5. The van der Waals surface area contributed by atoms with Crippen LogP contribution in [0.1, 0.15) is 5.56 Å². The molecule has 0 bridgehead atoms. The van der Waals surface area contributed by atoms with Gasteiger partial charge in [-0.1, -0.05) is 17.9 Å². The third kappa shape index (κ3) is 3.75. The first kappa shape index (κ1) is 13.9. The minimum Gasteiger partial charge on any atom is -0.399 e. The fourth-order valence-corrected chi connectivity index (χ4v) is 3.04. The van der Waals surface area contributed by atoms with Gasteiger partial charge in [0.15, 0.2) is 5.13 Å². The van der Waals surface area contributed by atoms with Gasteiger partial charge >= 0.3 is 0 Å². The monoisotopic (exact) mass is 298 g/mol. The molecule has 0 aliphatic carbocycles. The van der Waals surface area contributed by atoms with Gasteiger partial charge in [-0.2, -0.15) is 0 Å². The Balaban J connectivity index is 1.50. The largest absolute Gasteiger partial charge is 0.399 e. The van der Waals surface area contributed by atoms with Crippen LogP contribution in [0.5, 0.6) is 0 Å². The Hall–Kier alpha value is -2.03. The molecule has 2 N–H and O–H groups in total. The molecular weight excluding hydrogens is 280 g/mol. The molecule has 5 heteroatoms. The number of piperazine rings is 1. The summed E-state index contributed by atoms with van der Waals surface area (Å²) in [6.45, 7) is 4.91. The van der Waals surface area contributed by atoms with Gasteiger partial charge in [0.05, 0.1) is 6.54 Å². The molecule has 2 heterocycles. The Kier molecular flexibility index (Phi) is 4.39. The quantitative estimate of drug-likeness (QED) is 0.679. The normalized spacial score (nSPS) is 15.5. The van der Waals surface area contributed by atoms with Crippen molar-refractivity contribution in [3.8, 4) is 11.8 Å². The van der Waals surface area contributed by atoms with Gasteiger partial charge in [-0.3, -0.25) is 4.90 Å². The maximum absolute atomic E-state index is 5.75. The Bertz CT molecular complexity index is 634. The summed E-state index contributed by atoms with van der Waals surface area (Å²) in [6.07, 6.45) is 1.86. The number of nitrogen functional groups attached to an aromatic ring is 1. The predicted octanol–water partition coefficient (Wildman–Crippen LogP) is 1.90. The summed E-state index contributed by atoms with van der Waals surface area (Å²) >= 11 is 1.70. The number of thiazole rings is 1. The van der Waals surface area contributed by atoms with Crippen LogP contribution in [0.3, 0.4) is 0 Å². The first-order chi connectivity index (χ1) is 10.3. The van der Waals surface area contributed by atoms with Crippen LogP contribution in [0, 0.1) is 11.8 Å². The van der Waals surface area contributed by atoms with E-state index in [1.165, 1.54) is 0 Å². The summed E-state index contributed by atoms with van der Waals surface area (Å²) in [5.41, 5.74) is 7.49. The summed E-state index contributed by atoms with van der Waals surface area (Å²) in [4.78, 5) is 9.08. The molecule has 0 atom stereocenters. The lowest BCUT2D eigenvalue weighted by Crippen LogP contribution is -2.46. The molecule has 1 aliphatic rings. The summed E-state index contributed by atoms with van der Waals surface area (Å²) in [6, 6.07) is 7.71. The van der Waals surface area contributed by atoms with Gasteiger partial charge in [0.2, 0.25) is 0 Å². The van der Waals surface area contributed by atoms with Gasteiger partial charge in [0, 0.05) is 49.0 Å². The average Bonchev–Trinajstić information content (AvgIpc) is 3.02. The number of benzene rings is 1. The number of nitrogens with zero attached hydrogens (tertiary/aromatic N) is 3. The summed E-state index contributed by atoms with van der Waals surface area (Å²) in [5.74, 6) is 6.41. The molecule has 21 heavy (non-hydrogen) atoms. The Morgan fingerprint density at radius 1 is 1.24 bits per heavy atom. The maximum Gasteiger partial charge on any atom is 0.185 e. The van der Waals surface area contributed by atoms with Crippen molar-refractivity contribution < 1.29 is 0 Å². The molecule has 108 valence electrons. The highest BCUT2D eigenvalue weighted by atomic mass is 32.1. The highest BCUT2D eigenvalue weighted by Crippen LogP contribution is 2.18. The van der Waals surface area contributed by atoms with Crippen molar-refractivity contribution in [2.75, 3.05) is 43.4 Å². The van der Waals surface area contributed by atoms with Crippen LogP contribution in [0.25, 0.3) is 0 Å². The van der Waals surface area contributed by atoms with E-state index in [0.717, 1.165) is 49.1 Å². The van der Waals surface area contributed by atoms with Gasteiger partial charge < -0.3 is 10.6 Å². The number of aromatic nitrogens is 1. The number of anilines is 2. The fourth-order valence-electron chi connectivity index (χ4n) is 2.34. The molecule has 1 aliphatic heterocycles. The van der Waals surface area contributed by atoms with Crippen molar-refractivity contribution in [1.82, 2.24) is 9.88 Å². The topological polar surface area (TPSA) is 45.4 Å². The molecule has 0 radical (unpaired) electrons. The highest BCUT2D eigenvalue weighted by molar-refractivity contribution is 7.13. The second kappa shape index (κ2) is 6.61. The second-order valence-corrected chi connectivity index (χ2v) is 5.88. The molecule has 0 spiro atoms. The Labute approximate surface area is 129 Å². The molecule has 1 saturated heterocycles. The van der Waals surface area contributed by atoms with Crippen LogP contribution in [0.15, 0.2) is 35.8 Å². The maximum atomic E-state index is 5.75. The molecule has 3 rings (SSSR count). The zero-order valence-corrected chi connectivity index (χ0v) is 12.6. The SMILES string of the molecule is Nc1cccc(C#CCN2CCN(c3nccs3)CC2)c1. The van der Waals surface area contributed by atoms with E-state index in [1.807, 2.05) is 35.8 Å². The Morgan fingerprint density at radius 3 is 2.81 bits per heavy atom. The number of nitrogens with two attached hydrogens (primary N) is 1. The van der Waals surface area contributed by atoms with Crippen molar-refractivity contribution in [1.29, 1.82) is 0 Å². The van der Waals surface area contributed by atoms with E-state index >= 15 is 0 Å². The van der Waals surface area contributed by atoms with Gasteiger partial charge in [-0.25, -0.2) is 4.98 Å². The van der Waals surface area contributed by atoms with E-state index in [9.17, 15) is 0 Å². The van der Waals surface area contributed by atoms with E-state index < -0.39 is 0 Å². The lowest BCUT2D eigenvalue weighted by molar-refractivity contribution is 0.288. The standard InChI is InChI=1S/C16H18N4S/c17-15-5-1-3-14(13-15)4-2-7-19-8-10-20(11-9-19)16-18-6-12-21-16/h1,3,5-6,12-13H,7-11,17H2. The van der Waals surface area contributed by atoms with E-state index in [4.69, 9.17) is 5.73 Å². The second-order valence-electron chi connectivity index (χ2n) is 5.01. The Morgan fingerprint density at radius 2 is 2.10 bits per heavy atom. The van der Waals surface area contributed by atoms with E-state index in [1.54, 1.807) is 11.3 Å². The first-order valence-electron chi connectivity index (χ1n) is 7.02. The molecule has 1 fully saturated rings. The van der Waals surface area contributed by atoms with Crippen molar-refractivity contribution in [3.63, 3.8) is 0 Å². The zero-order valence-electron chi connectivity index (χ0n) is 11.8. The summed E-state index contributed by atoms with van der Waals surface area (Å²) in [7, 11) is 0. The summed E-state index contributed by atoms with van der Waals surface area (Å²) < 4.78 is 0. The lowest BCUT2D eigenvalue weighted by Gasteiger charge is -2.33. The van der Waals surface area contributed by atoms with Gasteiger partial charge in [0.25, 0.3) is 0 Å². The van der Waals surface area contributed by atoms with Gasteiger partial charge in [-0.05, 0) is 18.2 Å². The fraction of sp³-hybridized carbons (Fsp3) is 0.312. The van der Waals surface area contributed by atoms with Crippen LogP contribution >= 0.6 is 11.3 Å². The van der Waals surface area contributed by atoms with Crippen LogP contribution in [0.4, 0.5) is 10.8 Å². The van der Waals surface area contributed by atoms with Crippen molar-refractivity contribution in [2.45, 2.75) is 0 Å². The average molecular weight is 298 g/mol. The lowest BCUT2D eigenvalue weighted by atomic mass is 10.2. The molecule has 0 saturated carbocycles. The minimum atomic E-state index is 0.763. The molecule has 2 aromatic rings. The van der Waals surface area contributed by atoms with E-state index in [0.29, 0.717) is 0 Å². The van der Waals surface area contributed by atoms with Crippen LogP contribution in [0.2, 0.25) is 0 Å². The number of rotatable bonds is 2. The molecule has 1 aromatic carbocycles. The third-order valence-electron chi connectivity index (χ3n) is 3.48. The zero-order chi connectivity index (χ0) is 14.5. The van der Waals surface area contributed by atoms with Crippen molar-refractivity contribution in [3.05, 3.63) is 41.4 Å². The molecule has 0 amide bonds. The van der Waals surface area contributed by atoms with Gasteiger partial charge in [0.1, 0.15) is 0 Å². The first-order valence-corrected chi connectivity index (χ1v) is 7.90. The predicted molar refractivity (Wildman–Crippen MR) is 88.5 cm³/mol. The van der Waals surface area contributed by atoms with E-state index in [-0.39, 0.29) is 0 Å². The van der Waals surface area contributed by atoms with Crippen LogP contribution in [-0.2, 0) is 0 Å². The summed E-state index contributed by atoms with van der Waals surface area (Å²) in [5, 5.41) is 3.15. The molecule has 0 unspecified atom stereocenters. The number of hydrogen-bond donors (Lipinski definition) is 1. The smallest absolute Gasteiger partial charge is 0.185 e. The van der Waals surface area contributed by atoms with Gasteiger partial charge in [-0.15, -0.1) is 11.3 Å². The van der Waals surface area contributed by atoms with Crippen LogP contribution in [-0.4, -0.2) is 42.6 Å². The van der Waals surface area contributed by atoms with Crippen molar-refractivity contribution >= 4 is 22.2 Å².